The number of hydrogen-bond donors (Lipinski definition) is 4. The standard InChI is InChI=1S/C39H48N6O6/c1-26(2)23-45(36(47)22-42-39(49)30-20-29-21-31(50-3)16-17-34(29)51-25-30)24-35(46)40-18-8-4-5-9-19-41-38(48)28-14-12-27(13-15-28)37-32-10-6-7-11-33(32)43-44-37/h6-7,10-17,21,26,30H,4-5,8-9,18-20,22-25H2,1-3H3,(H,40,46)(H,41,48)(H,42,49)(H,43,44). The Hall–Kier alpha value is -5.39. The van der Waals surface area contributed by atoms with Crippen LogP contribution >= 0.6 is 0 Å². The van der Waals surface area contributed by atoms with Crippen LogP contribution in [0.3, 0.4) is 0 Å². The molecule has 0 saturated carbocycles. The van der Waals surface area contributed by atoms with E-state index in [1.165, 1.54) is 4.90 Å². The molecule has 12 heteroatoms. The van der Waals surface area contributed by atoms with Gasteiger partial charge in [-0.25, -0.2) is 0 Å². The van der Waals surface area contributed by atoms with Crippen LogP contribution < -0.4 is 25.4 Å². The summed E-state index contributed by atoms with van der Waals surface area (Å²) < 4.78 is 11.0. The highest BCUT2D eigenvalue weighted by Crippen LogP contribution is 2.31. The third-order valence-electron chi connectivity index (χ3n) is 8.83. The van der Waals surface area contributed by atoms with Gasteiger partial charge in [0.25, 0.3) is 5.91 Å². The fourth-order valence-electron chi connectivity index (χ4n) is 6.11. The third kappa shape index (κ3) is 10.3. The normalized spacial score (nSPS) is 13.6. The van der Waals surface area contributed by atoms with E-state index >= 15 is 0 Å². The summed E-state index contributed by atoms with van der Waals surface area (Å²) in [5.41, 5.74) is 4.25. The number of carbonyl (C=O) groups excluding carboxylic acids is 4. The predicted molar refractivity (Wildman–Crippen MR) is 195 cm³/mol. The van der Waals surface area contributed by atoms with Gasteiger partial charge in [-0.2, -0.15) is 5.10 Å². The van der Waals surface area contributed by atoms with Crippen LogP contribution in [0.2, 0.25) is 0 Å². The SMILES string of the molecule is COc1ccc2c(c1)CC(C(=O)NCC(=O)N(CC(=O)NCCCCCCNC(=O)c1ccc(-c3n[nH]c4ccccc34)cc1)CC(C)C)CO2. The number of unbranched alkanes of at least 4 members (excludes halogenated alkanes) is 3. The molecule has 270 valence electrons. The molecule has 51 heavy (non-hydrogen) atoms. The van der Waals surface area contributed by atoms with Gasteiger partial charge < -0.3 is 30.3 Å². The summed E-state index contributed by atoms with van der Waals surface area (Å²) in [7, 11) is 1.59. The van der Waals surface area contributed by atoms with Gasteiger partial charge in [0.05, 0.1) is 37.3 Å². The van der Waals surface area contributed by atoms with Crippen molar-refractivity contribution in [1.82, 2.24) is 31.0 Å². The first-order valence-corrected chi connectivity index (χ1v) is 17.7. The summed E-state index contributed by atoms with van der Waals surface area (Å²) in [5, 5.41) is 17.1. The molecule has 2 heterocycles. The number of methoxy groups -OCH3 is 1. The van der Waals surface area contributed by atoms with E-state index in [0.717, 1.165) is 59.2 Å². The first-order valence-electron chi connectivity index (χ1n) is 17.7. The Bertz CT molecular complexity index is 1800. The van der Waals surface area contributed by atoms with Crippen molar-refractivity contribution in [3.05, 3.63) is 77.9 Å². The molecule has 1 aliphatic heterocycles. The Kier molecular flexibility index (Phi) is 13.0. The minimum atomic E-state index is -0.428. The van der Waals surface area contributed by atoms with Crippen LogP contribution in [0, 0.1) is 11.8 Å². The van der Waals surface area contributed by atoms with Gasteiger partial charge in [-0.1, -0.05) is 57.0 Å². The lowest BCUT2D eigenvalue weighted by Gasteiger charge is -2.26. The lowest BCUT2D eigenvalue weighted by atomic mass is 9.96. The quantitative estimate of drug-likeness (QED) is 0.119. The summed E-state index contributed by atoms with van der Waals surface area (Å²) in [6, 6.07) is 20.9. The van der Waals surface area contributed by atoms with Crippen molar-refractivity contribution in [2.75, 3.05) is 46.4 Å². The Morgan fingerprint density at radius 2 is 1.69 bits per heavy atom. The van der Waals surface area contributed by atoms with Crippen molar-refractivity contribution in [3.63, 3.8) is 0 Å². The van der Waals surface area contributed by atoms with Crippen molar-refractivity contribution in [1.29, 1.82) is 0 Å². The zero-order chi connectivity index (χ0) is 36.2. The van der Waals surface area contributed by atoms with E-state index in [4.69, 9.17) is 9.47 Å². The highest BCUT2D eigenvalue weighted by Gasteiger charge is 2.27. The number of fused-ring (bicyclic) bond motifs is 2. The first-order chi connectivity index (χ1) is 24.7. The number of ether oxygens (including phenoxy) is 2. The van der Waals surface area contributed by atoms with E-state index < -0.39 is 5.92 Å². The number of aromatic nitrogens is 2. The number of amides is 4. The molecule has 0 saturated heterocycles. The second-order valence-electron chi connectivity index (χ2n) is 13.3. The minimum Gasteiger partial charge on any atom is -0.497 e. The van der Waals surface area contributed by atoms with Crippen LogP contribution in [-0.4, -0.2) is 85.2 Å². The summed E-state index contributed by atoms with van der Waals surface area (Å²) >= 11 is 0. The second-order valence-corrected chi connectivity index (χ2v) is 13.3. The van der Waals surface area contributed by atoms with E-state index in [-0.39, 0.29) is 49.2 Å². The average molecular weight is 697 g/mol. The van der Waals surface area contributed by atoms with Gasteiger partial charge in [-0.05, 0) is 67.1 Å². The number of nitrogens with zero attached hydrogens (tertiary/aromatic N) is 2. The summed E-state index contributed by atoms with van der Waals surface area (Å²) in [6.45, 7) is 5.38. The second kappa shape index (κ2) is 18.0. The minimum absolute atomic E-state index is 0.0715. The van der Waals surface area contributed by atoms with Crippen molar-refractivity contribution in [2.24, 2.45) is 11.8 Å². The van der Waals surface area contributed by atoms with Crippen molar-refractivity contribution >= 4 is 34.5 Å². The number of nitrogens with one attached hydrogen (secondary N) is 4. The van der Waals surface area contributed by atoms with E-state index in [1.807, 2.05) is 80.6 Å². The van der Waals surface area contributed by atoms with E-state index in [9.17, 15) is 19.2 Å². The van der Waals surface area contributed by atoms with Crippen LogP contribution in [0.5, 0.6) is 11.5 Å². The molecule has 0 radical (unpaired) electrons. The van der Waals surface area contributed by atoms with E-state index in [0.29, 0.717) is 37.4 Å². The monoisotopic (exact) mass is 696 g/mol. The highest BCUT2D eigenvalue weighted by atomic mass is 16.5. The first kappa shape index (κ1) is 36.9. The van der Waals surface area contributed by atoms with Gasteiger partial charge in [0.2, 0.25) is 17.7 Å². The summed E-state index contributed by atoms with van der Waals surface area (Å²) in [4.78, 5) is 52.8. The lowest BCUT2D eigenvalue weighted by molar-refractivity contribution is -0.137. The Balaban J connectivity index is 0.951. The van der Waals surface area contributed by atoms with E-state index in [2.05, 4.69) is 26.1 Å². The maximum atomic E-state index is 13.1. The zero-order valence-corrected chi connectivity index (χ0v) is 29.6. The Labute approximate surface area is 298 Å². The molecule has 4 aromatic rings. The topological polar surface area (TPSA) is 155 Å². The number of carbonyl (C=O) groups is 4. The molecule has 1 unspecified atom stereocenters. The summed E-state index contributed by atoms with van der Waals surface area (Å²) in [6.07, 6.45) is 3.90. The van der Waals surface area contributed by atoms with Gasteiger partial charge in [-0.15, -0.1) is 0 Å². The molecule has 1 aliphatic rings. The fourth-order valence-corrected chi connectivity index (χ4v) is 6.11. The third-order valence-corrected chi connectivity index (χ3v) is 8.83. The molecule has 1 atom stereocenters. The highest BCUT2D eigenvalue weighted by molar-refractivity contribution is 5.96. The van der Waals surface area contributed by atoms with Crippen molar-refractivity contribution < 1.29 is 28.7 Å². The van der Waals surface area contributed by atoms with Crippen LogP contribution in [0.1, 0.15) is 55.5 Å². The lowest BCUT2D eigenvalue weighted by Crippen LogP contribution is -2.48. The zero-order valence-electron chi connectivity index (χ0n) is 29.6. The largest absolute Gasteiger partial charge is 0.497 e. The molecule has 0 aliphatic carbocycles. The van der Waals surface area contributed by atoms with E-state index in [1.54, 1.807) is 7.11 Å². The van der Waals surface area contributed by atoms with Crippen LogP contribution in [0.15, 0.2) is 66.7 Å². The number of hydrogen-bond acceptors (Lipinski definition) is 7. The predicted octanol–water partition coefficient (Wildman–Crippen LogP) is 4.50. The average Bonchev–Trinajstić information content (AvgIpc) is 3.58. The van der Waals surface area contributed by atoms with Gasteiger partial charge in [0, 0.05) is 36.1 Å². The molecule has 0 bridgehead atoms. The molecule has 5 rings (SSSR count). The molecular formula is C39H48N6O6. The Morgan fingerprint density at radius 1 is 0.941 bits per heavy atom. The Morgan fingerprint density at radius 3 is 2.43 bits per heavy atom. The maximum Gasteiger partial charge on any atom is 0.251 e. The number of H-pyrrole nitrogens is 1. The van der Waals surface area contributed by atoms with Gasteiger partial charge in [0.1, 0.15) is 18.1 Å². The number of aromatic amines is 1. The molecule has 12 nitrogen and oxygen atoms in total. The van der Waals surface area contributed by atoms with Crippen LogP contribution in [0.4, 0.5) is 0 Å². The van der Waals surface area contributed by atoms with Crippen LogP contribution in [-0.2, 0) is 20.8 Å². The van der Waals surface area contributed by atoms with Crippen LogP contribution in [0.25, 0.3) is 22.2 Å². The van der Waals surface area contributed by atoms with Gasteiger partial charge in [0.15, 0.2) is 0 Å². The van der Waals surface area contributed by atoms with Gasteiger partial charge in [-0.3, -0.25) is 24.3 Å². The number of benzene rings is 3. The molecule has 0 fully saturated rings. The fraction of sp³-hybridized carbons (Fsp3) is 0.410. The summed E-state index contributed by atoms with van der Waals surface area (Å²) in [5.74, 6) is 0.218. The molecule has 0 spiro atoms. The molecular weight excluding hydrogens is 648 g/mol. The van der Waals surface area contributed by atoms with Crippen molar-refractivity contribution in [3.8, 4) is 22.8 Å². The maximum absolute atomic E-state index is 13.1. The molecule has 4 amide bonds. The van der Waals surface area contributed by atoms with Crippen molar-refractivity contribution in [2.45, 2.75) is 46.0 Å². The molecule has 4 N–H and O–H groups in total. The van der Waals surface area contributed by atoms with Gasteiger partial charge >= 0.3 is 0 Å². The number of para-hydroxylation sites is 1. The molecule has 3 aromatic carbocycles. The number of rotatable bonds is 17. The smallest absolute Gasteiger partial charge is 0.251 e. The molecule has 1 aromatic heterocycles.